The molecule has 2 aromatic rings. The number of amides is 1. The maximum absolute atomic E-state index is 11.9. The summed E-state index contributed by atoms with van der Waals surface area (Å²) in [7, 11) is 0. The summed E-state index contributed by atoms with van der Waals surface area (Å²) in [4.78, 5) is 11.9. The Morgan fingerprint density at radius 2 is 1.71 bits per heavy atom. The fourth-order valence-corrected chi connectivity index (χ4v) is 2.03. The Balaban J connectivity index is 1.92. The second-order valence-corrected chi connectivity index (χ2v) is 4.91. The van der Waals surface area contributed by atoms with Crippen LogP contribution in [-0.2, 0) is 11.4 Å². The van der Waals surface area contributed by atoms with Crippen molar-refractivity contribution in [2.24, 2.45) is 0 Å². The molecule has 110 valence electrons. The van der Waals surface area contributed by atoms with Crippen molar-refractivity contribution in [3.8, 4) is 5.75 Å². The molecule has 0 radical (unpaired) electrons. The normalized spacial score (nSPS) is 10.2. The zero-order chi connectivity index (χ0) is 15.2. The van der Waals surface area contributed by atoms with E-state index in [1.165, 1.54) is 0 Å². The molecule has 0 atom stereocenters. The van der Waals surface area contributed by atoms with Gasteiger partial charge in [-0.25, -0.2) is 0 Å². The third-order valence-electron chi connectivity index (χ3n) is 3.22. The topological polar surface area (TPSA) is 58.6 Å². The average molecular weight is 285 g/mol. The van der Waals surface area contributed by atoms with Crippen LogP contribution in [0.2, 0.25) is 0 Å². The van der Waals surface area contributed by atoms with Crippen LogP contribution in [0.1, 0.15) is 16.7 Å². The Bertz CT molecular complexity index is 600. The number of ether oxygens (including phenoxy) is 1. The van der Waals surface area contributed by atoms with Crippen molar-refractivity contribution in [2.75, 3.05) is 11.9 Å². The SMILES string of the molecule is Cc1cccc(C)c1NC(=O)COc1ccc(CO)cc1. The van der Waals surface area contributed by atoms with E-state index in [1.54, 1.807) is 24.3 Å². The van der Waals surface area contributed by atoms with E-state index in [0.717, 1.165) is 22.4 Å². The first-order chi connectivity index (χ1) is 10.1. The van der Waals surface area contributed by atoms with Gasteiger partial charge in [0.25, 0.3) is 5.91 Å². The van der Waals surface area contributed by atoms with E-state index in [9.17, 15) is 4.79 Å². The molecule has 0 heterocycles. The van der Waals surface area contributed by atoms with Gasteiger partial charge < -0.3 is 15.2 Å². The number of benzene rings is 2. The smallest absolute Gasteiger partial charge is 0.262 e. The Morgan fingerprint density at radius 1 is 1.10 bits per heavy atom. The van der Waals surface area contributed by atoms with E-state index in [-0.39, 0.29) is 19.1 Å². The van der Waals surface area contributed by atoms with Crippen LogP contribution < -0.4 is 10.1 Å². The predicted octanol–water partition coefficient (Wildman–Crippen LogP) is 2.81. The highest BCUT2D eigenvalue weighted by Gasteiger charge is 2.08. The summed E-state index contributed by atoms with van der Waals surface area (Å²) in [5.41, 5.74) is 3.69. The molecule has 2 aromatic carbocycles. The molecule has 0 aromatic heterocycles. The first-order valence-electron chi connectivity index (χ1n) is 6.79. The summed E-state index contributed by atoms with van der Waals surface area (Å²) in [6, 6.07) is 12.9. The Hall–Kier alpha value is -2.33. The molecular formula is C17H19NO3. The summed E-state index contributed by atoms with van der Waals surface area (Å²) in [5.74, 6) is 0.405. The summed E-state index contributed by atoms with van der Waals surface area (Å²) in [6.45, 7) is 3.85. The lowest BCUT2D eigenvalue weighted by Gasteiger charge is -2.12. The van der Waals surface area contributed by atoms with Gasteiger partial charge in [0.2, 0.25) is 0 Å². The molecule has 21 heavy (non-hydrogen) atoms. The van der Waals surface area contributed by atoms with Crippen molar-refractivity contribution < 1.29 is 14.6 Å². The predicted molar refractivity (Wildman–Crippen MR) is 82.4 cm³/mol. The molecule has 2 N–H and O–H groups in total. The molecule has 0 fully saturated rings. The Morgan fingerprint density at radius 3 is 2.29 bits per heavy atom. The lowest BCUT2D eigenvalue weighted by Crippen LogP contribution is -2.21. The van der Waals surface area contributed by atoms with E-state index >= 15 is 0 Å². The Kier molecular flexibility index (Phi) is 4.95. The fourth-order valence-electron chi connectivity index (χ4n) is 2.03. The average Bonchev–Trinajstić information content (AvgIpc) is 2.49. The molecule has 0 spiro atoms. The molecule has 1 amide bonds. The van der Waals surface area contributed by atoms with Crippen LogP contribution in [0.3, 0.4) is 0 Å². The number of aliphatic hydroxyl groups is 1. The molecule has 0 aliphatic heterocycles. The maximum atomic E-state index is 11.9. The van der Waals surface area contributed by atoms with Crippen molar-refractivity contribution in [3.63, 3.8) is 0 Å². The van der Waals surface area contributed by atoms with E-state index in [2.05, 4.69) is 5.32 Å². The van der Waals surface area contributed by atoms with E-state index in [1.807, 2.05) is 32.0 Å². The number of hydrogen-bond acceptors (Lipinski definition) is 3. The van der Waals surface area contributed by atoms with Gasteiger partial charge in [-0.05, 0) is 42.7 Å². The third kappa shape index (κ3) is 4.07. The summed E-state index contributed by atoms with van der Waals surface area (Å²) < 4.78 is 5.43. The van der Waals surface area contributed by atoms with Gasteiger partial charge in [0.15, 0.2) is 6.61 Å². The number of anilines is 1. The molecule has 0 unspecified atom stereocenters. The minimum absolute atomic E-state index is 0.00662. The zero-order valence-electron chi connectivity index (χ0n) is 12.2. The third-order valence-corrected chi connectivity index (χ3v) is 3.22. The van der Waals surface area contributed by atoms with Crippen LogP contribution in [0, 0.1) is 13.8 Å². The number of aryl methyl sites for hydroxylation is 2. The van der Waals surface area contributed by atoms with E-state index in [0.29, 0.717) is 5.75 Å². The maximum Gasteiger partial charge on any atom is 0.262 e. The zero-order valence-corrected chi connectivity index (χ0v) is 12.2. The molecule has 4 heteroatoms. The highest BCUT2D eigenvalue weighted by atomic mass is 16.5. The van der Waals surface area contributed by atoms with Crippen LogP contribution in [0.15, 0.2) is 42.5 Å². The molecule has 4 nitrogen and oxygen atoms in total. The second kappa shape index (κ2) is 6.90. The van der Waals surface area contributed by atoms with Gasteiger partial charge in [0, 0.05) is 5.69 Å². The van der Waals surface area contributed by atoms with Gasteiger partial charge in [-0.15, -0.1) is 0 Å². The largest absolute Gasteiger partial charge is 0.484 e. The quantitative estimate of drug-likeness (QED) is 0.888. The van der Waals surface area contributed by atoms with Gasteiger partial charge in [-0.1, -0.05) is 30.3 Å². The number of para-hydroxylation sites is 1. The molecule has 2 rings (SSSR count). The van der Waals surface area contributed by atoms with Gasteiger partial charge >= 0.3 is 0 Å². The summed E-state index contributed by atoms with van der Waals surface area (Å²) in [5, 5.41) is 11.8. The van der Waals surface area contributed by atoms with E-state index in [4.69, 9.17) is 9.84 Å². The number of nitrogens with one attached hydrogen (secondary N) is 1. The molecule has 0 saturated heterocycles. The minimum atomic E-state index is -0.196. The van der Waals surface area contributed by atoms with Crippen LogP contribution in [0.25, 0.3) is 0 Å². The van der Waals surface area contributed by atoms with E-state index < -0.39 is 0 Å². The van der Waals surface area contributed by atoms with Crippen molar-refractivity contribution in [1.82, 2.24) is 0 Å². The van der Waals surface area contributed by atoms with Crippen molar-refractivity contribution in [2.45, 2.75) is 20.5 Å². The van der Waals surface area contributed by atoms with Gasteiger partial charge in [-0.2, -0.15) is 0 Å². The number of hydrogen-bond donors (Lipinski definition) is 2. The van der Waals surface area contributed by atoms with Crippen LogP contribution in [0.4, 0.5) is 5.69 Å². The highest BCUT2D eigenvalue weighted by Crippen LogP contribution is 2.19. The number of rotatable bonds is 5. The highest BCUT2D eigenvalue weighted by molar-refractivity contribution is 5.93. The second-order valence-electron chi connectivity index (χ2n) is 4.91. The number of carbonyl (C=O) groups is 1. The monoisotopic (exact) mass is 285 g/mol. The minimum Gasteiger partial charge on any atom is -0.484 e. The summed E-state index contributed by atoms with van der Waals surface area (Å²) >= 11 is 0. The van der Waals surface area contributed by atoms with Crippen LogP contribution >= 0.6 is 0 Å². The summed E-state index contributed by atoms with van der Waals surface area (Å²) in [6.07, 6.45) is 0. The Labute approximate surface area is 124 Å². The first kappa shape index (κ1) is 15.1. The van der Waals surface area contributed by atoms with Crippen molar-refractivity contribution in [3.05, 3.63) is 59.2 Å². The van der Waals surface area contributed by atoms with Gasteiger partial charge in [0.05, 0.1) is 6.61 Å². The fraction of sp³-hybridized carbons (Fsp3) is 0.235. The number of carbonyl (C=O) groups excluding carboxylic acids is 1. The molecule has 0 bridgehead atoms. The molecule has 0 saturated carbocycles. The molecule has 0 aliphatic carbocycles. The van der Waals surface area contributed by atoms with Crippen molar-refractivity contribution in [1.29, 1.82) is 0 Å². The van der Waals surface area contributed by atoms with Gasteiger partial charge in [0.1, 0.15) is 5.75 Å². The van der Waals surface area contributed by atoms with Crippen LogP contribution in [0.5, 0.6) is 5.75 Å². The molecular weight excluding hydrogens is 266 g/mol. The standard InChI is InChI=1S/C17H19NO3/c1-12-4-3-5-13(2)17(12)18-16(20)11-21-15-8-6-14(10-19)7-9-15/h3-9,19H,10-11H2,1-2H3,(H,18,20). The van der Waals surface area contributed by atoms with Crippen LogP contribution in [-0.4, -0.2) is 17.6 Å². The first-order valence-corrected chi connectivity index (χ1v) is 6.79. The lowest BCUT2D eigenvalue weighted by molar-refractivity contribution is -0.118. The van der Waals surface area contributed by atoms with Crippen molar-refractivity contribution >= 4 is 11.6 Å². The molecule has 0 aliphatic rings. The van der Waals surface area contributed by atoms with Gasteiger partial charge in [-0.3, -0.25) is 4.79 Å². The lowest BCUT2D eigenvalue weighted by atomic mass is 10.1. The number of aliphatic hydroxyl groups excluding tert-OH is 1.